The normalized spacial score (nSPS) is 28.4. The highest BCUT2D eigenvalue weighted by molar-refractivity contribution is 6.74. The van der Waals surface area contributed by atoms with E-state index >= 15 is 0 Å². The minimum atomic E-state index is -2.12. The molecule has 0 fully saturated rings. The largest absolute Gasteiger partial charge is 0.458 e. The topological polar surface area (TPSA) is 85.2 Å². The summed E-state index contributed by atoms with van der Waals surface area (Å²) in [5.74, 6) is -0.350. The first-order valence-electron chi connectivity index (χ1n) is 17.3. The summed E-state index contributed by atoms with van der Waals surface area (Å²) in [7, 11) is -3.99. The predicted octanol–water partition coefficient (Wildman–Crippen LogP) is 9.58. The Hall–Kier alpha value is -1.56. The van der Waals surface area contributed by atoms with Gasteiger partial charge in [-0.1, -0.05) is 102 Å². The van der Waals surface area contributed by atoms with Crippen LogP contribution in [0.25, 0.3) is 0 Å². The van der Waals surface area contributed by atoms with E-state index in [0.717, 1.165) is 17.6 Å². The number of ether oxygens (including phenoxy) is 1. The summed E-state index contributed by atoms with van der Waals surface area (Å²) in [5.41, 5.74) is 2.26. The van der Waals surface area contributed by atoms with Gasteiger partial charge in [-0.25, -0.2) is 4.79 Å². The first kappa shape index (κ1) is 42.5. The number of carbonyl (C=O) groups excluding carboxylic acids is 1. The van der Waals surface area contributed by atoms with Crippen LogP contribution in [-0.2, 0) is 18.4 Å². The lowest BCUT2D eigenvalue weighted by atomic mass is 9.95. The number of aliphatic hydroxyl groups is 2. The van der Waals surface area contributed by atoms with Crippen molar-refractivity contribution in [1.82, 2.24) is 0 Å². The summed E-state index contributed by atoms with van der Waals surface area (Å²) >= 11 is 0. The van der Waals surface area contributed by atoms with E-state index in [-0.39, 0.29) is 34.2 Å². The molecule has 1 rings (SSSR count). The van der Waals surface area contributed by atoms with Gasteiger partial charge in [0.1, 0.15) is 6.10 Å². The van der Waals surface area contributed by atoms with Gasteiger partial charge in [-0.15, -0.1) is 0 Å². The van der Waals surface area contributed by atoms with Gasteiger partial charge in [0.05, 0.1) is 24.9 Å². The van der Waals surface area contributed by atoms with Crippen LogP contribution in [0.4, 0.5) is 0 Å². The fraction of sp³-hybridized carbons (Fsp3) is 0.711. The van der Waals surface area contributed by atoms with Gasteiger partial charge in [-0.05, 0) is 82.2 Å². The average molecular weight is 677 g/mol. The second-order valence-electron chi connectivity index (χ2n) is 16.3. The van der Waals surface area contributed by atoms with Gasteiger partial charge in [-0.3, -0.25) is 0 Å². The van der Waals surface area contributed by atoms with Crippen LogP contribution < -0.4 is 0 Å². The summed E-state index contributed by atoms with van der Waals surface area (Å²) in [4.78, 5) is 12.8. The number of carbonyl (C=O) groups is 1. The van der Waals surface area contributed by atoms with Crippen molar-refractivity contribution >= 4 is 22.6 Å². The lowest BCUT2D eigenvalue weighted by molar-refractivity contribution is -0.144. The highest BCUT2D eigenvalue weighted by Crippen LogP contribution is 2.38. The second-order valence-corrected chi connectivity index (χ2v) is 25.9. The molecule has 0 radical (unpaired) electrons. The van der Waals surface area contributed by atoms with E-state index in [4.69, 9.17) is 13.6 Å². The number of hydrogen-bond donors (Lipinski definition) is 2. The van der Waals surface area contributed by atoms with Crippen molar-refractivity contribution in [2.75, 3.05) is 6.61 Å². The molecule has 0 aliphatic carbocycles. The Morgan fingerprint density at radius 2 is 1.63 bits per heavy atom. The van der Waals surface area contributed by atoms with Crippen molar-refractivity contribution in [2.45, 2.75) is 162 Å². The van der Waals surface area contributed by atoms with Crippen molar-refractivity contribution in [2.24, 2.45) is 5.92 Å². The summed E-state index contributed by atoms with van der Waals surface area (Å²) in [6, 6.07) is 0. The van der Waals surface area contributed by atoms with E-state index in [1.807, 2.05) is 12.2 Å². The molecule has 0 spiro atoms. The van der Waals surface area contributed by atoms with Crippen molar-refractivity contribution in [3.05, 3.63) is 59.8 Å². The fourth-order valence-corrected chi connectivity index (χ4v) is 6.94. The van der Waals surface area contributed by atoms with Gasteiger partial charge < -0.3 is 23.8 Å². The zero-order valence-electron chi connectivity index (χ0n) is 31.5. The smallest absolute Gasteiger partial charge is 0.330 e. The third kappa shape index (κ3) is 15.6. The molecule has 0 unspecified atom stereocenters. The van der Waals surface area contributed by atoms with Crippen LogP contribution in [0.2, 0.25) is 36.3 Å². The van der Waals surface area contributed by atoms with Crippen LogP contribution in [0.5, 0.6) is 0 Å². The van der Waals surface area contributed by atoms with Crippen LogP contribution in [0.3, 0.4) is 0 Å². The van der Waals surface area contributed by atoms with Crippen LogP contribution in [0.15, 0.2) is 59.8 Å². The van der Waals surface area contributed by atoms with E-state index in [1.54, 1.807) is 12.2 Å². The van der Waals surface area contributed by atoms with Crippen LogP contribution in [0.1, 0.15) is 101 Å². The van der Waals surface area contributed by atoms with Gasteiger partial charge in [0, 0.05) is 18.4 Å². The van der Waals surface area contributed by atoms with E-state index in [0.29, 0.717) is 38.7 Å². The molecule has 1 heterocycles. The highest BCUT2D eigenvalue weighted by Gasteiger charge is 2.40. The number of aliphatic hydroxyl groups excluding tert-OH is 2. The van der Waals surface area contributed by atoms with Gasteiger partial charge in [0.25, 0.3) is 0 Å². The number of esters is 1. The molecule has 0 bridgehead atoms. The molecule has 2 N–H and O–H groups in total. The van der Waals surface area contributed by atoms with E-state index < -0.39 is 28.8 Å². The molecule has 0 aromatic carbocycles. The summed E-state index contributed by atoms with van der Waals surface area (Å²) in [5, 5.41) is 21.8. The van der Waals surface area contributed by atoms with Gasteiger partial charge in [-0.2, -0.15) is 0 Å². The summed E-state index contributed by atoms with van der Waals surface area (Å²) in [6.07, 6.45) is 16.8. The molecule has 1 aliphatic heterocycles. The maximum absolute atomic E-state index is 12.8. The molecule has 46 heavy (non-hydrogen) atoms. The third-order valence-corrected chi connectivity index (χ3v) is 18.8. The monoisotopic (exact) mass is 676 g/mol. The van der Waals surface area contributed by atoms with Crippen molar-refractivity contribution in [3.63, 3.8) is 0 Å². The van der Waals surface area contributed by atoms with Crippen LogP contribution >= 0.6 is 0 Å². The van der Waals surface area contributed by atoms with E-state index in [1.165, 1.54) is 6.08 Å². The first-order valence-corrected chi connectivity index (χ1v) is 23.1. The molecule has 264 valence electrons. The zero-order chi connectivity index (χ0) is 35.3. The lowest BCUT2D eigenvalue weighted by Gasteiger charge is -2.40. The molecule has 0 amide bonds. The number of hydrogen-bond acceptors (Lipinski definition) is 6. The Balaban J connectivity index is 3.20. The molecule has 1 aliphatic rings. The predicted molar refractivity (Wildman–Crippen MR) is 199 cm³/mol. The summed E-state index contributed by atoms with van der Waals surface area (Å²) < 4.78 is 19.1. The van der Waals surface area contributed by atoms with Crippen molar-refractivity contribution in [1.29, 1.82) is 0 Å². The molecular weight excluding hydrogens is 609 g/mol. The molecule has 6 nitrogen and oxygen atoms in total. The third-order valence-electron chi connectivity index (χ3n) is 9.81. The fourth-order valence-electron chi connectivity index (χ4n) is 4.55. The Morgan fingerprint density at radius 3 is 2.24 bits per heavy atom. The molecule has 0 aromatic rings. The minimum absolute atomic E-state index is 0.00206. The molecule has 8 heteroatoms. The maximum Gasteiger partial charge on any atom is 0.330 e. The molecule has 5 atom stereocenters. The van der Waals surface area contributed by atoms with Gasteiger partial charge in [0.2, 0.25) is 0 Å². The number of rotatable bonds is 7. The highest BCUT2D eigenvalue weighted by atomic mass is 28.4. The van der Waals surface area contributed by atoms with E-state index in [9.17, 15) is 15.0 Å². The van der Waals surface area contributed by atoms with E-state index in [2.05, 4.69) is 107 Å². The van der Waals surface area contributed by atoms with Crippen molar-refractivity contribution in [3.8, 4) is 0 Å². The maximum atomic E-state index is 12.8. The Morgan fingerprint density at radius 1 is 1.00 bits per heavy atom. The quantitative estimate of drug-likeness (QED) is 0.159. The number of cyclic esters (lactones) is 1. The minimum Gasteiger partial charge on any atom is -0.458 e. The number of allylic oxidation sites excluding steroid dienone is 4. The summed E-state index contributed by atoms with van der Waals surface area (Å²) in [6.45, 7) is 29.1. The van der Waals surface area contributed by atoms with Gasteiger partial charge in [0.15, 0.2) is 16.6 Å². The van der Waals surface area contributed by atoms with Crippen LogP contribution in [-0.4, -0.2) is 63.8 Å². The average Bonchev–Trinajstić information content (AvgIpc) is 2.91. The standard InChI is InChI=1S/C38H68O6Si2/c1-29-20-16-14-18-22-34(44-46(12,13)38(7,8)9)33(40)25-24-32(39)21-17-15-19-23-36(41)43-35(27-29)31(3)26-30(2)28-42-45(10,11)37(4,5)6/h14,16,19-20,23-26,31-35,39-40H,15,17-18,21-22,27-28H2,1-13H3/b16-14+,23-19+,25-24+,29-20+,30-26+/t31-,32+,33+,34+,35-/m1/s1. The molecule has 0 aromatic heterocycles. The first-order chi connectivity index (χ1) is 21.1. The van der Waals surface area contributed by atoms with Gasteiger partial charge >= 0.3 is 5.97 Å². The Labute approximate surface area is 284 Å². The molecule has 0 saturated carbocycles. The Bertz CT molecular complexity index is 1090. The van der Waals surface area contributed by atoms with Crippen molar-refractivity contribution < 1.29 is 28.6 Å². The lowest BCUT2D eigenvalue weighted by Crippen LogP contribution is -2.46. The SMILES string of the molecule is C/C(=C\[C@@H](C)[C@H]1C/C(C)=C/C=C/CC[C@H](O[Si](C)(C)C(C)(C)C)[C@@H](O)/C=C/[C@@H](O)CCC/C=C/C(=O)O1)CO[Si](C)(C)C(C)(C)C. The zero-order valence-corrected chi connectivity index (χ0v) is 33.5. The van der Waals surface area contributed by atoms with Crippen LogP contribution in [0, 0.1) is 5.92 Å². The molecular formula is C38H68O6Si2. The molecule has 0 saturated heterocycles. The Kier molecular flexibility index (Phi) is 17.4. The second kappa shape index (κ2) is 18.8.